The van der Waals surface area contributed by atoms with Gasteiger partial charge in [-0.2, -0.15) is 0 Å². The third kappa shape index (κ3) is 5.32. The minimum absolute atomic E-state index is 0.213. The molecule has 0 unspecified atom stereocenters. The fourth-order valence-electron chi connectivity index (χ4n) is 1.57. The maximum Gasteiger partial charge on any atom is 0.302 e. The van der Waals surface area contributed by atoms with Gasteiger partial charge in [-0.05, 0) is 31.4 Å². The molecule has 0 heterocycles. The normalized spacial score (nSPS) is 11.3. The van der Waals surface area contributed by atoms with Crippen LogP contribution in [0.15, 0.2) is 24.3 Å². The molecule has 0 spiro atoms. The Morgan fingerprint density at radius 3 is 2.28 bits per heavy atom. The molecule has 0 amide bonds. The molecule has 0 radical (unpaired) electrons. The van der Waals surface area contributed by atoms with Crippen molar-refractivity contribution in [3.05, 3.63) is 35.4 Å². The van der Waals surface area contributed by atoms with Gasteiger partial charge in [-0.25, -0.2) is 0 Å². The summed E-state index contributed by atoms with van der Waals surface area (Å²) in [5.41, 5.74) is 2.37. The summed E-state index contributed by atoms with van der Waals surface area (Å²) in [4.78, 5) is 10.8. The van der Waals surface area contributed by atoms with Crippen molar-refractivity contribution in [1.29, 1.82) is 0 Å². The van der Waals surface area contributed by atoms with Gasteiger partial charge in [-0.15, -0.1) is 0 Å². The van der Waals surface area contributed by atoms with E-state index in [0.717, 1.165) is 13.0 Å². The molecule has 100 valence electrons. The Morgan fingerprint density at radius 1 is 1.22 bits per heavy atom. The van der Waals surface area contributed by atoms with Crippen LogP contribution in [0.3, 0.4) is 0 Å². The Bertz CT molecular complexity index is 382. The molecule has 3 nitrogen and oxygen atoms in total. The highest BCUT2D eigenvalue weighted by Crippen LogP contribution is 2.08. The van der Waals surface area contributed by atoms with Gasteiger partial charge in [-0.1, -0.05) is 31.2 Å². The minimum atomic E-state index is -0.239. The number of rotatable bonds is 6. The van der Waals surface area contributed by atoms with Crippen molar-refractivity contribution in [1.82, 2.24) is 5.32 Å². The molecule has 0 aliphatic rings. The van der Waals surface area contributed by atoms with E-state index in [4.69, 9.17) is 4.74 Å². The van der Waals surface area contributed by atoms with Crippen molar-refractivity contribution in [3.63, 3.8) is 0 Å². The zero-order valence-corrected chi connectivity index (χ0v) is 11.7. The van der Waals surface area contributed by atoms with Crippen molar-refractivity contribution >= 4 is 5.97 Å². The van der Waals surface area contributed by atoms with E-state index in [9.17, 15) is 4.79 Å². The van der Waals surface area contributed by atoms with Crippen molar-refractivity contribution in [2.24, 2.45) is 0 Å². The van der Waals surface area contributed by atoms with Crippen molar-refractivity contribution in [2.75, 3.05) is 6.61 Å². The highest BCUT2D eigenvalue weighted by molar-refractivity contribution is 5.65. The number of nitrogens with one attached hydrogen (secondary N) is 1. The number of carbonyl (C=O) groups is 1. The van der Waals surface area contributed by atoms with E-state index in [1.54, 1.807) is 0 Å². The largest absolute Gasteiger partial charge is 0.464 e. The van der Waals surface area contributed by atoms with E-state index < -0.39 is 0 Å². The van der Waals surface area contributed by atoms with Crippen LogP contribution < -0.4 is 5.32 Å². The molecule has 1 rings (SSSR count). The van der Waals surface area contributed by atoms with Crippen molar-refractivity contribution < 1.29 is 9.53 Å². The first-order chi connectivity index (χ1) is 8.43. The van der Waals surface area contributed by atoms with E-state index in [-0.39, 0.29) is 11.5 Å². The summed E-state index contributed by atoms with van der Waals surface area (Å²) in [7, 11) is 0. The Kier molecular flexibility index (Phi) is 5.35. The van der Waals surface area contributed by atoms with Crippen molar-refractivity contribution in [3.8, 4) is 0 Å². The number of aryl methyl sites for hydroxylation is 1. The smallest absolute Gasteiger partial charge is 0.302 e. The first kappa shape index (κ1) is 14.7. The SMILES string of the molecule is CCc1ccc(CNC(C)(C)COC(C)=O)cc1. The number of benzene rings is 1. The molecule has 0 aliphatic heterocycles. The van der Waals surface area contributed by atoms with Gasteiger partial charge in [0.25, 0.3) is 0 Å². The molecule has 0 fully saturated rings. The quantitative estimate of drug-likeness (QED) is 0.788. The van der Waals surface area contributed by atoms with Crippen LogP contribution in [0.4, 0.5) is 0 Å². The van der Waals surface area contributed by atoms with Gasteiger partial charge >= 0.3 is 5.97 Å². The van der Waals surface area contributed by atoms with Gasteiger partial charge in [0.05, 0.1) is 0 Å². The first-order valence-electron chi connectivity index (χ1n) is 6.39. The second-order valence-electron chi connectivity index (χ2n) is 5.19. The minimum Gasteiger partial charge on any atom is -0.464 e. The molecule has 1 aromatic carbocycles. The number of hydrogen-bond acceptors (Lipinski definition) is 3. The second-order valence-corrected chi connectivity index (χ2v) is 5.19. The number of ether oxygens (including phenoxy) is 1. The van der Waals surface area contributed by atoms with E-state index in [2.05, 4.69) is 36.5 Å². The number of carbonyl (C=O) groups excluding carboxylic acids is 1. The fraction of sp³-hybridized carbons (Fsp3) is 0.533. The lowest BCUT2D eigenvalue weighted by Crippen LogP contribution is -2.43. The Hall–Kier alpha value is -1.35. The molecular weight excluding hydrogens is 226 g/mol. The van der Waals surface area contributed by atoms with Crippen molar-refractivity contribution in [2.45, 2.75) is 46.2 Å². The van der Waals surface area contributed by atoms with Crippen LogP contribution >= 0.6 is 0 Å². The lowest BCUT2D eigenvalue weighted by molar-refractivity contribution is -0.142. The third-order valence-electron chi connectivity index (χ3n) is 2.84. The molecule has 0 bridgehead atoms. The van der Waals surface area contributed by atoms with Gasteiger partial charge in [-0.3, -0.25) is 4.79 Å². The van der Waals surface area contributed by atoms with Crippen LogP contribution in [0.25, 0.3) is 0 Å². The summed E-state index contributed by atoms with van der Waals surface area (Å²) in [6, 6.07) is 8.56. The lowest BCUT2D eigenvalue weighted by atomic mass is 10.1. The maximum atomic E-state index is 10.8. The van der Waals surface area contributed by atoms with E-state index in [1.807, 2.05) is 13.8 Å². The van der Waals surface area contributed by atoms with Crippen LogP contribution in [0.5, 0.6) is 0 Å². The Labute approximate surface area is 110 Å². The molecule has 0 aliphatic carbocycles. The summed E-state index contributed by atoms with van der Waals surface area (Å²) < 4.78 is 5.03. The second kappa shape index (κ2) is 6.55. The molecular formula is C15H23NO2. The first-order valence-corrected chi connectivity index (χ1v) is 6.39. The summed E-state index contributed by atoms with van der Waals surface area (Å²) in [5.74, 6) is -0.239. The van der Waals surface area contributed by atoms with Gasteiger partial charge in [0, 0.05) is 19.0 Å². The molecule has 1 N–H and O–H groups in total. The van der Waals surface area contributed by atoms with Gasteiger partial charge in [0.2, 0.25) is 0 Å². The average Bonchev–Trinajstić information content (AvgIpc) is 2.35. The Balaban J connectivity index is 2.45. The predicted octanol–water partition coefficient (Wildman–Crippen LogP) is 2.68. The monoisotopic (exact) mass is 249 g/mol. The molecule has 3 heteroatoms. The molecule has 0 atom stereocenters. The molecule has 0 aromatic heterocycles. The fourth-order valence-corrected chi connectivity index (χ4v) is 1.57. The number of esters is 1. The standard InChI is InChI=1S/C15H23NO2/c1-5-13-6-8-14(9-7-13)10-16-15(3,4)11-18-12(2)17/h6-9,16H,5,10-11H2,1-4H3. The van der Waals surface area contributed by atoms with E-state index >= 15 is 0 Å². The van der Waals surface area contributed by atoms with Crippen LogP contribution in [0.1, 0.15) is 38.8 Å². The number of hydrogen-bond donors (Lipinski definition) is 1. The maximum absolute atomic E-state index is 10.8. The van der Waals surface area contributed by atoms with Gasteiger partial charge in [0.15, 0.2) is 0 Å². The third-order valence-corrected chi connectivity index (χ3v) is 2.84. The van der Waals surface area contributed by atoms with Gasteiger partial charge < -0.3 is 10.1 Å². The summed E-state index contributed by atoms with van der Waals surface area (Å²) >= 11 is 0. The predicted molar refractivity (Wildman–Crippen MR) is 73.4 cm³/mol. The Morgan fingerprint density at radius 2 is 1.78 bits per heavy atom. The van der Waals surface area contributed by atoms with Gasteiger partial charge in [0.1, 0.15) is 6.61 Å². The molecule has 18 heavy (non-hydrogen) atoms. The zero-order chi connectivity index (χ0) is 13.6. The lowest BCUT2D eigenvalue weighted by Gasteiger charge is -2.25. The summed E-state index contributed by atoms with van der Waals surface area (Å²) in [6.45, 7) is 8.79. The highest BCUT2D eigenvalue weighted by atomic mass is 16.5. The highest BCUT2D eigenvalue weighted by Gasteiger charge is 2.18. The van der Waals surface area contributed by atoms with Crippen LogP contribution in [0, 0.1) is 0 Å². The molecule has 1 aromatic rings. The van der Waals surface area contributed by atoms with E-state index in [1.165, 1.54) is 18.1 Å². The average molecular weight is 249 g/mol. The molecule has 0 saturated carbocycles. The summed E-state index contributed by atoms with van der Waals surface area (Å²) in [5, 5.41) is 3.39. The topological polar surface area (TPSA) is 38.3 Å². The van der Waals surface area contributed by atoms with Crippen LogP contribution in [-0.2, 0) is 22.5 Å². The van der Waals surface area contributed by atoms with Crippen LogP contribution in [-0.4, -0.2) is 18.1 Å². The molecule has 0 saturated heterocycles. The zero-order valence-electron chi connectivity index (χ0n) is 11.7. The van der Waals surface area contributed by atoms with Crippen LogP contribution in [0.2, 0.25) is 0 Å². The summed E-state index contributed by atoms with van der Waals surface area (Å²) in [6.07, 6.45) is 1.06. The van der Waals surface area contributed by atoms with E-state index in [0.29, 0.717) is 6.61 Å².